The van der Waals surface area contributed by atoms with Gasteiger partial charge in [0.15, 0.2) is 0 Å². The number of hydrogen-bond acceptors (Lipinski definition) is 2. The van der Waals surface area contributed by atoms with Gasteiger partial charge in [-0.3, -0.25) is 10.1 Å². The Kier molecular flexibility index (Phi) is 1.96. The summed E-state index contributed by atoms with van der Waals surface area (Å²) in [7, 11) is 0. The van der Waals surface area contributed by atoms with Gasteiger partial charge in [-0.15, -0.1) is 0 Å². The Morgan fingerprint density at radius 2 is 2.36 bits per heavy atom. The van der Waals surface area contributed by atoms with E-state index in [0.717, 1.165) is 0 Å². The molecular formula is C10H10N2O2. The molecule has 0 saturated heterocycles. The van der Waals surface area contributed by atoms with Crippen LogP contribution in [0.3, 0.4) is 0 Å². The lowest BCUT2D eigenvalue weighted by molar-refractivity contribution is -0.564. The SMILES string of the molecule is O=[N+]([O-])C1(c2ccc[nH]2)C=CC=CC1. The van der Waals surface area contributed by atoms with Crippen molar-refractivity contribution in [3.8, 4) is 0 Å². The van der Waals surface area contributed by atoms with Gasteiger partial charge in [-0.2, -0.15) is 0 Å². The van der Waals surface area contributed by atoms with Crippen LogP contribution < -0.4 is 0 Å². The van der Waals surface area contributed by atoms with Crippen LogP contribution in [0.25, 0.3) is 0 Å². The second-order valence-corrected chi connectivity index (χ2v) is 3.26. The van der Waals surface area contributed by atoms with Gasteiger partial charge in [-0.25, -0.2) is 0 Å². The molecule has 1 N–H and O–H groups in total. The van der Waals surface area contributed by atoms with Crippen LogP contribution in [0.15, 0.2) is 42.6 Å². The summed E-state index contributed by atoms with van der Waals surface area (Å²) in [6, 6.07) is 3.51. The quantitative estimate of drug-likeness (QED) is 0.572. The molecule has 1 aromatic heterocycles. The van der Waals surface area contributed by atoms with E-state index in [2.05, 4.69) is 4.98 Å². The Labute approximate surface area is 81.1 Å². The van der Waals surface area contributed by atoms with Gasteiger partial charge in [-0.1, -0.05) is 18.2 Å². The van der Waals surface area contributed by atoms with Crippen molar-refractivity contribution in [3.05, 3.63) is 58.4 Å². The molecular weight excluding hydrogens is 180 g/mol. The maximum absolute atomic E-state index is 11.1. The predicted octanol–water partition coefficient (Wildman–Crippen LogP) is 2.00. The van der Waals surface area contributed by atoms with E-state index in [1.54, 1.807) is 30.5 Å². The monoisotopic (exact) mass is 190 g/mol. The largest absolute Gasteiger partial charge is 0.359 e. The summed E-state index contributed by atoms with van der Waals surface area (Å²) in [5.41, 5.74) is -0.471. The molecule has 1 heterocycles. The first-order valence-electron chi connectivity index (χ1n) is 4.38. The highest BCUT2D eigenvalue weighted by atomic mass is 16.6. The highest BCUT2D eigenvalue weighted by molar-refractivity contribution is 5.27. The first kappa shape index (κ1) is 8.74. The first-order chi connectivity index (χ1) is 6.76. The van der Waals surface area contributed by atoms with Gasteiger partial charge in [0.25, 0.3) is 5.54 Å². The third-order valence-corrected chi connectivity index (χ3v) is 2.44. The van der Waals surface area contributed by atoms with Gasteiger partial charge >= 0.3 is 0 Å². The van der Waals surface area contributed by atoms with Crippen molar-refractivity contribution in [1.29, 1.82) is 0 Å². The molecule has 1 unspecified atom stereocenters. The van der Waals surface area contributed by atoms with Crippen LogP contribution in [0, 0.1) is 10.1 Å². The maximum Gasteiger partial charge on any atom is 0.283 e. The first-order valence-corrected chi connectivity index (χ1v) is 4.38. The van der Waals surface area contributed by atoms with E-state index in [0.29, 0.717) is 12.1 Å². The van der Waals surface area contributed by atoms with Crippen molar-refractivity contribution < 1.29 is 4.92 Å². The van der Waals surface area contributed by atoms with E-state index in [4.69, 9.17) is 0 Å². The molecule has 72 valence electrons. The minimum Gasteiger partial charge on any atom is -0.359 e. The summed E-state index contributed by atoms with van der Waals surface area (Å²) in [5, 5.41) is 11.1. The van der Waals surface area contributed by atoms with E-state index in [9.17, 15) is 10.1 Å². The molecule has 1 aromatic rings. The van der Waals surface area contributed by atoms with Crippen LogP contribution in [0.1, 0.15) is 12.1 Å². The molecule has 0 aromatic carbocycles. The fourth-order valence-electron chi connectivity index (χ4n) is 1.64. The second kappa shape index (κ2) is 3.14. The number of aromatic nitrogens is 1. The average Bonchev–Trinajstić information content (AvgIpc) is 2.72. The van der Waals surface area contributed by atoms with Gasteiger partial charge in [0.1, 0.15) is 0 Å². The van der Waals surface area contributed by atoms with Gasteiger partial charge in [-0.05, 0) is 18.2 Å². The third kappa shape index (κ3) is 1.16. The standard InChI is InChI=1S/C10H10N2O2/c13-12(14)10(6-2-1-3-7-10)9-5-4-8-11-9/h1-6,8,11H,7H2. The van der Waals surface area contributed by atoms with E-state index in [1.165, 1.54) is 0 Å². The molecule has 4 nitrogen and oxygen atoms in total. The van der Waals surface area contributed by atoms with Crippen molar-refractivity contribution in [3.63, 3.8) is 0 Å². The third-order valence-electron chi connectivity index (χ3n) is 2.44. The van der Waals surface area contributed by atoms with Crippen molar-refractivity contribution in [2.75, 3.05) is 0 Å². The molecule has 0 amide bonds. The summed E-state index contributed by atoms with van der Waals surface area (Å²) in [6.45, 7) is 0. The summed E-state index contributed by atoms with van der Waals surface area (Å²) in [5.74, 6) is 0. The highest BCUT2D eigenvalue weighted by Gasteiger charge is 2.42. The van der Waals surface area contributed by atoms with Gasteiger partial charge in [0.2, 0.25) is 0 Å². The topological polar surface area (TPSA) is 58.9 Å². The number of allylic oxidation sites excluding steroid dienone is 2. The minimum atomic E-state index is -1.10. The molecule has 0 fully saturated rings. The molecule has 2 rings (SSSR count). The number of H-pyrrole nitrogens is 1. The van der Waals surface area contributed by atoms with Crippen molar-refractivity contribution in [2.24, 2.45) is 0 Å². The summed E-state index contributed by atoms with van der Waals surface area (Å²) in [6.07, 6.45) is 9.07. The smallest absolute Gasteiger partial charge is 0.283 e. The zero-order valence-corrected chi connectivity index (χ0v) is 7.51. The van der Waals surface area contributed by atoms with Gasteiger partial charge in [0.05, 0.1) is 5.69 Å². The van der Waals surface area contributed by atoms with Crippen LogP contribution in [-0.2, 0) is 5.54 Å². The van der Waals surface area contributed by atoms with Crippen LogP contribution in [0.5, 0.6) is 0 Å². The molecule has 0 saturated carbocycles. The summed E-state index contributed by atoms with van der Waals surface area (Å²) >= 11 is 0. The number of nitrogens with zero attached hydrogens (tertiary/aromatic N) is 1. The Morgan fingerprint density at radius 1 is 1.50 bits per heavy atom. The molecule has 0 bridgehead atoms. The molecule has 0 aliphatic heterocycles. The van der Waals surface area contributed by atoms with E-state index < -0.39 is 5.54 Å². The number of nitro groups is 1. The Bertz CT molecular complexity index is 392. The zero-order valence-electron chi connectivity index (χ0n) is 7.51. The second-order valence-electron chi connectivity index (χ2n) is 3.26. The van der Waals surface area contributed by atoms with Gasteiger partial charge in [0, 0.05) is 17.5 Å². The maximum atomic E-state index is 11.1. The molecule has 1 atom stereocenters. The molecule has 0 radical (unpaired) electrons. The summed E-state index contributed by atoms with van der Waals surface area (Å²) < 4.78 is 0. The average molecular weight is 190 g/mol. The van der Waals surface area contributed by atoms with Crippen LogP contribution in [0.4, 0.5) is 0 Å². The normalized spacial score (nSPS) is 25.1. The van der Waals surface area contributed by atoms with Crippen molar-refractivity contribution in [1.82, 2.24) is 4.98 Å². The van der Waals surface area contributed by atoms with Crippen LogP contribution in [0.2, 0.25) is 0 Å². The number of rotatable bonds is 2. The molecule has 1 aliphatic carbocycles. The molecule has 4 heteroatoms. The Balaban J connectivity index is 2.47. The minimum absolute atomic E-state index is 0.251. The van der Waals surface area contributed by atoms with Crippen molar-refractivity contribution in [2.45, 2.75) is 12.0 Å². The van der Waals surface area contributed by atoms with E-state index in [1.807, 2.05) is 12.2 Å². The Hall–Kier alpha value is -1.84. The van der Waals surface area contributed by atoms with Crippen molar-refractivity contribution >= 4 is 0 Å². The molecule has 1 aliphatic rings. The molecule has 14 heavy (non-hydrogen) atoms. The number of aromatic amines is 1. The van der Waals surface area contributed by atoms with Gasteiger partial charge < -0.3 is 4.98 Å². The summed E-state index contributed by atoms with van der Waals surface area (Å²) in [4.78, 5) is 13.7. The lowest BCUT2D eigenvalue weighted by atomic mass is 9.89. The lowest BCUT2D eigenvalue weighted by Crippen LogP contribution is -2.34. The number of hydrogen-bond donors (Lipinski definition) is 1. The highest BCUT2D eigenvalue weighted by Crippen LogP contribution is 2.31. The molecule has 0 spiro atoms. The fourth-order valence-corrected chi connectivity index (χ4v) is 1.64. The lowest BCUT2D eigenvalue weighted by Gasteiger charge is -2.20. The van der Waals surface area contributed by atoms with Crippen LogP contribution in [-0.4, -0.2) is 9.91 Å². The number of nitrogens with one attached hydrogen (secondary N) is 1. The predicted molar refractivity (Wildman–Crippen MR) is 52.4 cm³/mol. The van der Waals surface area contributed by atoms with E-state index in [-0.39, 0.29) is 4.92 Å². The van der Waals surface area contributed by atoms with Crippen LogP contribution >= 0.6 is 0 Å². The fraction of sp³-hybridized carbons (Fsp3) is 0.200. The zero-order chi connectivity index (χ0) is 10.0. The Morgan fingerprint density at radius 3 is 2.86 bits per heavy atom. The van der Waals surface area contributed by atoms with E-state index >= 15 is 0 Å².